The number of aryl methyl sites for hydroxylation is 1. The minimum atomic E-state index is 1.17. The summed E-state index contributed by atoms with van der Waals surface area (Å²) in [5, 5.41) is 4.10. The molecule has 1 aliphatic carbocycles. The van der Waals surface area contributed by atoms with E-state index in [1.54, 1.807) is 4.68 Å². The van der Waals surface area contributed by atoms with Crippen LogP contribution in [-0.2, 0) is 12.8 Å². The third-order valence-electron chi connectivity index (χ3n) is 2.14. The second-order valence-corrected chi connectivity index (χ2v) is 2.82. The topological polar surface area (TPSA) is 17.8 Å². The molecule has 0 bridgehead atoms. The van der Waals surface area contributed by atoms with Crippen molar-refractivity contribution in [2.75, 3.05) is 0 Å². The van der Waals surface area contributed by atoms with E-state index in [1.807, 2.05) is 6.20 Å². The molecular weight excluding hydrogens is 124 g/mol. The molecule has 0 atom stereocenters. The molecule has 2 rings (SSSR count). The number of nitrogens with zero attached hydrogens (tertiary/aromatic N) is 2. The summed E-state index contributed by atoms with van der Waals surface area (Å²) in [6.45, 7) is 0. The Kier molecular flexibility index (Phi) is 1.26. The van der Waals surface area contributed by atoms with Gasteiger partial charge in [0.05, 0.1) is 13.2 Å². The van der Waals surface area contributed by atoms with E-state index in [4.69, 9.17) is 0 Å². The van der Waals surface area contributed by atoms with Gasteiger partial charge in [0.25, 0.3) is 0 Å². The Bertz CT molecular complexity index is 237. The Morgan fingerprint density at radius 1 is 1.40 bits per heavy atom. The molecule has 0 N–H and O–H groups in total. The van der Waals surface area contributed by atoms with Gasteiger partial charge in [0, 0.05) is 5.69 Å². The lowest BCUT2D eigenvalue weighted by Gasteiger charge is -2.10. The third kappa shape index (κ3) is 0.753. The van der Waals surface area contributed by atoms with Crippen molar-refractivity contribution in [1.82, 2.24) is 9.78 Å². The molecule has 2 heteroatoms. The Hall–Kier alpha value is -0.790. The predicted octanol–water partition coefficient (Wildman–Crippen LogP) is 1.40. The van der Waals surface area contributed by atoms with Crippen molar-refractivity contribution < 1.29 is 0 Å². The van der Waals surface area contributed by atoms with E-state index < -0.39 is 0 Å². The molecule has 0 spiro atoms. The van der Waals surface area contributed by atoms with Gasteiger partial charge < -0.3 is 0 Å². The van der Waals surface area contributed by atoms with Crippen molar-refractivity contribution in [3.63, 3.8) is 0 Å². The van der Waals surface area contributed by atoms with Crippen LogP contribution < -0.4 is 0 Å². The molecule has 0 aliphatic heterocycles. The summed E-state index contributed by atoms with van der Waals surface area (Å²) in [5.74, 6) is 0. The first kappa shape index (κ1) is 5.96. The van der Waals surface area contributed by atoms with Gasteiger partial charge >= 0.3 is 0 Å². The Morgan fingerprint density at radius 2 is 2.20 bits per heavy atom. The SMILES string of the molecule is [CH2]n1ncc2c1CCCC2. The van der Waals surface area contributed by atoms with Crippen molar-refractivity contribution in [3.8, 4) is 0 Å². The van der Waals surface area contributed by atoms with Gasteiger partial charge in [0.15, 0.2) is 0 Å². The Morgan fingerprint density at radius 3 is 3.00 bits per heavy atom. The lowest BCUT2D eigenvalue weighted by Crippen LogP contribution is -2.04. The van der Waals surface area contributed by atoms with Crippen molar-refractivity contribution in [2.24, 2.45) is 0 Å². The Labute approximate surface area is 60.9 Å². The second-order valence-electron chi connectivity index (χ2n) is 2.82. The highest BCUT2D eigenvalue weighted by molar-refractivity contribution is 5.20. The van der Waals surface area contributed by atoms with Gasteiger partial charge in [-0.15, -0.1) is 0 Å². The van der Waals surface area contributed by atoms with E-state index in [0.29, 0.717) is 0 Å². The molecule has 0 amide bonds. The fourth-order valence-corrected chi connectivity index (χ4v) is 1.56. The number of hydrogen-bond acceptors (Lipinski definition) is 1. The van der Waals surface area contributed by atoms with Crippen LogP contribution in [0.1, 0.15) is 24.1 Å². The van der Waals surface area contributed by atoms with Crippen LogP contribution in [-0.4, -0.2) is 9.78 Å². The maximum Gasteiger partial charge on any atom is 0.0609 e. The first-order chi connectivity index (χ1) is 4.88. The van der Waals surface area contributed by atoms with Crippen LogP contribution in [0.15, 0.2) is 6.20 Å². The summed E-state index contributed by atoms with van der Waals surface area (Å²) in [7, 11) is 3.80. The lowest BCUT2D eigenvalue weighted by atomic mass is 9.98. The van der Waals surface area contributed by atoms with Gasteiger partial charge in [-0.25, -0.2) is 0 Å². The molecule has 0 saturated heterocycles. The van der Waals surface area contributed by atoms with Crippen LogP contribution in [0.4, 0.5) is 0 Å². The van der Waals surface area contributed by atoms with Crippen LogP contribution in [0.3, 0.4) is 0 Å². The predicted molar refractivity (Wildman–Crippen MR) is 39.6 cm³/mol. The van der Waals surface area contributed by atoms with E-state index in [9.17, 15) is 0 Å². The van der Waals surface area contributed by atoms with E-state index >= 15 is 0 Å². The standard InChI is InChI=1S/C8H11N2/c1-10-8-5-3-2-4-7(8)6-9-10/h6H,1-5H2. The maximum absolute atomic E-state index is 4.10. The van der Waals surface area contributed by atoms with Crippen molar-refractivity contribution in [2.45, 2.75) is 25.7 Å². The highest BCUT2D eigenvalue weighted by atomic mass is 15.3. The monoisotopic (exact) mass is 135 g/mol. The zero-order valence-corrected chi connectivity index (χ0v) is 6.01. The van der Waals surface area contributed by atoms with Gasteiger partial charge in [-0.3, -0.25) is 4.68 Å². The molecule has 0 unspecified atom stereocenters. The maximum atomic E-state index is 4.10. The van der Waals surface area contributed by atoms with Crippen LogP contribution in [0.5, 0.6) is 0 Å². The van der Waals surface area contributed by atoms with Crippen LogP contribution in [0, 0.1) is 7.05 Å². The molecule has 1 heterocycles. The normalized spacial score (nSPS) is 16.9. The highest BCUT2D eigenvalue weighted by Crippen LogP contribution is 2.19. The average Bonchev–Trinajstić information content (AvgIpc) is 2.34. The summed E-state index contributed by atoms with van der Waals surface area (Å²) >= 11 is 0. The molecular formula is C8H11N2. The molecule has 2 nitrogen and oxygen atoms in total. The largest absolute Gasteiger partial charge is 0.267 e. The van der Waals surface area contributed by atoms with Gasteiger partial charge in [-0.1, -0.05) is 0 Å². The molecule has 1 radical (unpaired) electrons. The van der Waals surface area contributed by atoms with Gasteiger partial charge in [0.2, 0.25) is 0 Å². The highest BCUT2D eigenvalue weighted by Gasteiger charge is 2.11. The first-order valence-electron chi connectivity index (χ1n) is 3.74. The summed E-state index contributed by atoms with van der Waals surface area (Å²) in [4.78, 5) is 0. The first-order valence-corrected chi connectivity index (χ1v) is 3.74. The van der Waals surface area contributed by atoms with Gasteiger partial charge in [-0.2, -0.15) is 5.10 Å². The van der Waals surface area contributed by atoms with Crippen LogP contribution in [0.25, 0.3) is 0 Å². The summed E-state index contributed by atoms with van der Waals surface area (Å²) < 4.78 is 1.76. The second kappa shape index (κ2) is 2.11. The van der Waals surface area contributed by atoms with E-state index in [1.165, 1.54) is 36.9 Å². The molecule has 0 aromatic carbocycles. The van der Waals surface area contributed by atoms with E-state index in [2.05, 4.69) is 12.1 Å². The van der Waals surface area contributed by atoms with Crippen LogP contribution in [0.2, 0.25) is 0 Å². The van der Waals surface area contributed by atoms with E-state index in [0.717, 1.165) is 0 Å². The number of rotatable bonds is 0. The summed E-state index contributed by atoms with van der Waals surface area (Å²) in [5.41, 5.74) is 2.74. The molecule has 10 heavy (non-hydrogen) atoms. The fourth-order valence-electron chi connectivity index (χ4n) is 1.56. The Balaban J connectivity index is 2.45. The molecule has 1 aliphatic rings. The number of fused-ring (bicyclic) bond motifs is 1. The molecule has 1 aromatic rings. The summed E-state index contributed by atoms with van der Waals surface area (Å²) in [6.07, 6.45) is 6.93. The van der Waals surface area contributed by atoms with Crippen LogP contribution >= 0.6 is 0 Å². The van der Waals surface area contributed by atoms with Crippen molar-refractivity contribution >= 4 is 0 Å². The third-order valence-corrected chi connectivity index (χ3v) is 2.14. The van der Waals surface area contributed by atoms with Gasteiger partial charge in [0.1, 0.15) is 0 Å². The van der Waals surface area contributed by atoms with E-state index in [-0.39, 0.29) is 0 Å². The summed E-state index contributed by atoms with van der Waals surface area (Å²) in [6, 6.07) is 0. The fraction of sp³-hybridized carbons (Fsp3) is 0.500. The zero-order valence-electron chi connectivity index (χ0n) is 6.01. The lowest BCUT2D eigenvalue weighted by molar-refractivity contribution is 0.652. The molecule has 0 fully saturated rings. The van der Waals surface area contributed by atoms with Gasteiger partial charge in [-0.05, 0) is 31.2 Å². The van der Waals surface area contributed by atoms with Crippen molar-refractivity contribution in [1.29, 1.82) is 0 Å². The number of aromatic nitrogens is 2. The number of hydrogen-bond donors (Lipinski definition) is 0. The minimum absolute atomic E-state index is 1.17. The molecule has 0 saturated carbocycles. The quantitative estimate of drug-likeness (QED) is 0.525. The zero-order chi connectivity index (χ0) is 6.97. The smallest absolute Gasteiger partial charge is 0.0609 e. The molecule has 53 valence electrons. The van der Waals surface area contributed by atoms with Crippen molar-refractivity contribution in [3.05, 3.63) is 24.5 Å². The average molecular weight is 135 g/mol. The minimum Gasteiger partial charge on any atom is -0.267 e. The molecule has 1 aromatic heterocycles.